The Kier molecular flexibility index (Phi) is 3.09. The zero-order chi connectivity index (χ0) is 13.6. The van der Waals surface area contributed by atoms with Crippen molar-refractivity contribution in [1.82, 2.24) is 15.1 Å². The third-order valence-electron chi connectivity index (χ3n) is 4.78. The molecule has 1 aliphatic heterocycles. The Balaban J connectivity index is 1.79. The van der Waals surface area contributed by atoms with Crippen molar-refractivity contribution in [2.45, 2.75) is 39.2 Å². The lowest BCUT2D eigenvalue weighted by atomic mass is 9.78. The molecule has 2 fully saturated rings. The fourth-order valence-electron chi connectivity index (χ4n) is 3.71. The molecule has 1 aliphatic carbocycles. The number of hydrogen-bond donors (Lipinski definition) is 2. The van der Waals surface area contributed by atoms with Gasteiger partial charge in [0.05, 0.1) is 11.3 Å². The standard InChI is InChI=1S/C14H22N4O/c1-8-13(9(2)17-16-8)14(19)18-6-10-4-3-5-12(15)11(10)7-18/h10-12H,3-7,15H2,1-2H3,(H,16,17). The summed E-state index contributed by atoms with van der Waals surface area (Å²) in [6, 6.07) is 0.267. The first-order valence-electron chi connectivity index (χ1n) is 7.14. The summed E-state index contributed by atoms with van der Waals surface area (Å²) in [6.45, 7) is 5.46. The third kappa shape index (κ3) is 2.06. The van der Waals surface area contributed by atoms with E-state index in [1.165, 1.54) is 12.8 Å². The quantitative estimate of drug-likeness (QED) is 0.799. The Hall–Kier alpha value is -1.36. The van der Waals surface area contributed by atoms with Gasteiger partial charge in [0.1, 0.15) is 0 Å². The molecule has 104 valence electrons. The fraction of sp³-hybridized carbons (Fsp3) is 0.714. The minimum absolute atomic E-state index is 0.116. The molecule has 0 spiro atoms. The van der Waals surface area contributed by atoms with Crippen molar-refractivity contribution in [3.8, 4) is 0 Å². The van der Waals surface area contributed by atoms with Crippen LogP contribution in [0, 0.1) is 25.7 Å². The van der Waals surface area contributed by atoms with E-state index in [1.54, 1.807) is 0 Å². The molecule has 0 bridgehead atoms. The van der Waals surface area contributed by atoms with Crippen LogP contribution in [-0.4, -0.2) is 40.1 Å². The van der Waals surface area contributed by atoms with E-state index in [2.05, 4.69) is 10.2 Å². The number of fused-ring (bicyclic) bond motifs is 1. The Morgan fingerprint density at radius 1 is 1.37 bits per heavy atom. The maximum Gasteiger partial charge on any atom is 0.257 e. The van der Waals surface area contributed by atoms with Gasteiger partial charge in [-0.15, -0.1) is 0 Å². The second kappa shape index (κ2) is 4.63. The molecule has 3 unspecified atom stereocenters. The summed E-state index contributed by atoms with van der Waals surface area (Å²) in [6.07, 6.45) is 3.52. The molecule has 1 saturated carbocycles. The molecular formula is C14H22N4O. The van der Waals surface area contributed by atoms with Crippen LogP contribution >= 0.6 is 0 Å². The lowest BCUT2D eigenvalue weighted by Gasteiger charge is -2.29. The van der Waals surface area contributed by atoms with Gasteiger partial charge in [0.2, 0.25) is 0 Å². The summed E-state index contributed by atoms with van der Waals surface area (Å²) >= 11 is 0. The summed E-state index contributed by atoms with van der Waals surface area (Å²) in [4.78, 5) is 14.6. The highest BCUT2D eigenvalue weighted by Gasteiger charge is 2.41. The number of H-pyrrole nitrogens is 1. The molecule has 19 heavy (non-hydrogen) atoms. The van der Waals surface area contributed by atoms with Gasteiger partial charge in [0.25, 0.3) is 5.91 Å². The second-order valence-corrected chi connectivity index (χ2v) is 6.04. The van der Waals surface area contributed by atoms with Crippen LogP contribution in [0.5, 0.6) is 0 Å². The van der Waals surface area contributed by atoms with Gasteiger partial charge in [-0.05, 0) is 38.5 Å². The van der Waals surface area contributed by atoms with E-state index >= 15 is 0 Å². The molecule has 3 atom stereocenters. The number of hydrogen-bond acceptors (Lipinski definition) is 3. The average molecular weight is 262 g/mol. The van der Waals surface area contributed by atoms with Crippen LogP contribution < -0.4 is 5.73 Å². The van der Waals surface area contributed by atoms with Crippen molar-refractivity contribution < 1.29 is 4.79 Å². The van der Waals surface area contributed by atoms with Gasteiger partial charge in [-0.3, -0.25) is 9.89 Å². The summed E-state index contributed by atoms with van der Waals surface area (Å²) in [5, 5.41) is 7.01. The van der Waals surface area contributed by atoms with Crippen molar-refractivity contribution in [1.29, 1.82) is 0 Å². The van der Waals surface area contributed by atoms with Crippen LogP contribution in [0.4, 0.5) is 0 Å². The van der Waals surface area contributed by atoms with Crippen molar-refractivity contribution in [3.63, 3.8) is 0 Å². The average Bonchev–Trinajstić information content (AvgIpc) is 2.94. The summed E-state index contributed by atoms with van der Waals surface area (Å²) in [5.74, 6) is 1.20. The Morgan fingerprint density at radius 2 is 2.16 bits per heavy atom. The van der Waals surface area contributed by atoms with Gasteiger partial charge in [-0.25, -0.2) is 0 Å². The molecule has 1 saturated heterocycles. The van der Waals surface area contributed by atoms with E-state index in [4.69, 9.17) is 5.73 Å². The Bertz CT molecular complexity index is 476. The van der Waals surface area contributed by atoms with Crippen molar-refractivity contribution in [2.75, 3.05) is 13.1 Å². The molecule has 2 heterocycles. The van der Waals surface area contributed by atoms with E-state index in [1.807, 2.05) is 18.7 Å². The maximum absolute atomic E-state index is 12.6. The lowest BCUT2D eigenvalue weighted by molar-refractivity contribution is 0.0782. The van der Waals surface area contributed by atoms with E-state index in [-0.39, 0.29) is 11.9 Å². The molecule has 5 nitrogen and oxygen atoms in total. The predicted octanol–water partition coefficient (Wildman–Crippen LogP) is 1.23. The summed E-state index contributed by atoms with van der Waals surface area (Å²) in [7, 11) is 0. The largest absolute Gasteiger partial charge is 0.338 e. The number of carbonyl (C=O) groups excluding carboxylic acids is 1. The van der Waals surface area contributed by atoms with Gasteiger partial charge < -0.3 is 10.6 Å². The highest BCUT2D eigenvalue weighted by molar-refractivity contribution is 5.96. The minimum Gasteiger partial charge on any atom is -0.338 e. The van der Waals surface area contributed by atoms with Crippen LogP contribution in [-0.2, 0) is 0 Å². The summed E-state index contributed by atoms with van der Waals surface area (Å²) < 4.78 is 0. The fourth-order valence-corrected chi connectivity index (χ4v) is 3.71. The number of nitrogens with zero attached hydrogens (tertiary/aromatic N) is 2. The third-order valence-corrected chi connectivity index (χ3v) is 4.78. The molecule has 3 N–H and O–H groups in total. The molecule has 2 aliphatic rings. The number of nitrogens with one attached hydrogen (secondary N) is 1. The highest BCUT2D eigenvalue weighted by atomic mass is 16.2. The van der Waals surface area contributed by atoms with Crippen molar-refractivity contribution in [2.24, 2.45) is 17.6 Å². The zero-order valence-corrected chi connectivity index (χ0v) is 11.6. The molecule has 1 aromatic heterocycles. The maximum atomic E-state index is 12.6. The van der Waals surface area contributed by atoms with Gasteiger partial charge >= 0.3 is 0 Å². The highest BCUT2D eigenvalue weighted by Crippen LogP contribution is 2.36. The van der Waals surface area contributed by atoms with E-state index in [0.29, 0.717) is 11.8 Å². The first-order chi connectivity index (χ1) is 9.08. The minimum atomic E-state index is 0.116. The molecule has 1 aromatic rings. The van der Waals surface area contributed by atoms with Gasteiger partial charge in [0, 0.05) is 24.8 Å². The molecule has 1 amide bonds. The van der Waals surface area contributed by atoms with Crippen LogP contribution in [0.25, 0.3) is 0 Å². The van der Waals surface area contributed by atoms with Crippen LogP contribution in [0.1, 0.15) is 41.0 Å². The summed E-state index contributed by atoms with van der Waals surface area (Å²) in [5.41, 5.74) is 8.60. The van der Waals surface area contributed by atoms with Crippen LogP contribution in [0.2, 0.25) is 0 Å². The Labute approximate surface area is 113 Å². The second-order valence-electron chi connectivity index (χ2n) is 6.04. The first kappa shape index (κ1) is 12.7. The number of carbonyl (C=O) groups is 1. The number of rotatable bonds is 1. The number of likely N-dealkylation sites (tertiary alicyclic amines) is 1. The van der Waals surface area contributed by atoms with E-state index < -0.39 is 0 Å². The van der Waals surface area contributed by atoms with Crippen molar-refractivity contribution in [3.05, 3.63) is 17.0 Å². The van der Waals surface area contributed by atoms with Gasteiger partial charge in [0.15, 0.2) is 0 Å². The van der Waals surface area contributed by atoms with Crippen molar-refractivity contribution >= 4 is 5.91 Å². The zero-order valence-electron chi connectivity index (χ0n) is 11.6. The normalized spacial score (nSPS) is 30.5. The number of aromatic amines is 1. The molecule has 0 radical (unpaired) electrons. The van der Waals surface area contributed by atoms with Crippen LogP contribution in [0.3, 0.4) is 0 Å². The topological polar surface area (TPSA) is 75.0 Å². The van der Waals surface area contributed by atoms with E-state index in [9.17, 15) is 4.79 Å². The number of amides is 1. The Morgan fingerprint density at radius 3 is 2.79 bits per heavy atom. The number of nitrogens with two attached hydrogens (primary N) is 1. The molecule has 3 rings (SSSR count). The smallest absolute Gasteiger partial charge is 0.257 e. The lowest BCUT2D eigenvalue weighted by Crippen LogP contribution is -2.38. The number of aryl methyl sites for hydroxylation is 2. The molecule has 0 aromatic carbocycles. The molecular weight excluding hydrogens is 240 g/mol. The number of aromatic nitrogens is 2. The van der Waals surface area contributed by atoms with Crippen LogP contribution in [0.15, 0.2) is 0 Å². The van der Waals surface area contributed by atoms with E-state index in [0.717, 1.165) is 36.5 Å². The van der Waals surface area contributed by atoms with Gasteiger partial charge in [-0.1, -0.05) is 6.42 Å². The van der Waals surface area contributed by atoms with Gasteiger partial charge in [-0.2, -0.15) is 5.10 Å². The SMILES string of the molecule is Cc1n[nH]c(C)c1C(=O)N1CC2CCCC(N)C2C1. The predicted molar refractivity (Wildman–Crippen MR) is 72.8 cm³/mol. The first-order valence-corrected chi connectivity index (χ1v) is 7.14. The molecule has 5 heteroatoms. The monoisotopic (exact) mass is 262 g/mol.